The second-order valence-electron chi connectivity index (χ2n) is 4.71. The minimum Gasteiger partial charge on any atom is -0.494 e. The van der Waals surface area contributed by atoms with Crippen molar-refractivity contribution in [2.24, 2.45) is 0 Å². The highest BCUT2D eigenvalue weighted by molar-refractivity contribution is 5.36. The first-order valence-electron chi connectivity index (χ1n) is 7.42. The Labute approximate surface area is 134 Å². The fourth-order valence-electron chi connectivity index (χ4n) is 1.92. The van der Waals surface area contributed by atoms with Crippen LogP contribution in [0.1, 0.15) is 13.3 Å². The molecule has 0 heterocycles. The van der Waals surface area contributed by atoms with Gasteiger partial charge in [-0.1, -0.05) is 6.07 Å². The third-order valence-corrected chi connectivity index (χ3v) is 2.99. The predicted octanol–water partition coefficient (Wildman–Crippen LogP) is 3.84. The van der Waals surface area contributed by atoms with Gasteiger partial charge < -0.3 is 14.2 Å². The van der Waals surface area contributed by atoms with Crippen LogP contribution >= 0.6 is 0 Å². The number of benzene rings is 2. The number of hydrogen-bond donors (Lipinski definition) is 0. The number of nitrogens with zero attached hydrogens (tertiary/aromatic N) is 1. The molecule has 0 saturated heterocycles. The standard InChI is InChI=1S/C17H19NO5/c1-2-21-16-5-3-6-17(13-16)23-12-4-11-22-15-9-7-14(8-10-15)18(19)20/h3,5-10,13H,2,4,11-12H2,1H3. The smallest absolute Gasteiger partial charge is 0.269 e. The van der Waals surface area contributed by atoms with Crippen LogP contribution in [-0.4, -0.2) is 24.7 Å². The fraction of sp³-hybridized carbons (Fsp3) is 0.294. The lowest BCUT2D eigenvalue weighted by molar-refractivity contribution is -0.384. The van der Waals surface area contributed by atoms with E-state index >= 15 is 0 Å². The fourth-order valence-corrected chi connectivity index (χ4v) is 1.92. The second-order valence-corrected chi connectivity index (χ2v) is 4.71. The van der Waals surface area contributed by atoms with Gasteiger partial charge in [0.1, 0.15) is 17.2 Å². The Bertz CT molecular complexity index is 627. The highest BCUT2D eigenvalue weighted by atomic mass is 16.6. The summed E-state index contributed by atoms with van der Waals surface area (Å²) in [7, 11) is 0. The maximum Gasteiger partial charge on any atom is 0.269 e. The van der Waals surface area contributed by atoms with Crippen LogP contribution in [-0.2, 0) is 0 Å². The number of hydrogen-bond acceptors (Lipinski definition) is 5. The number of nitro groups is 1. The van der Waals surface area contributed by atoms with Crippen molar-refractivity contribution in [2.75, 3.05) is 19.8 Å². The van der Waals surface area contributed by atoms with Gasteiger partial charge in [0.05, 0.1) is 24.7 Å². The first-order chi connectivity index (χ1) is 11.2. The van der Waals surface area contributed by atoms with Crippen LogP contribution in [0.25, 0.3) is 0 Å². The summed E-state index contributed by atoms with van der Waals surface area (Å²) in [5.74, 6) is 2.15. The zero-order valence-corrected chi connectivity index (χ0v) is 12.9. The van der Waals surface area contributed by atoms with Crippen molar-refractivity contribution in [1.29, 1.82) is 0 Å². The maximum atomic E-state index is 10.6. The highest BCUT2D eigenvalue weighted by Gasteiger charge is 2.04. The molecule has 2 aromatic rings. The van der Waals surface area contributed by atoms with E-state index in [2.05, 4.69) is 0 Å². The number of ether oxygens (including phenoxy) is 3. The average molecular weight is 317 g/mol. The van der Waals surface area contributed by atoms with Crippen LogP contribution in [0.3, 0.4) is 0 Å². The van der Waals surface area contributed by atoms with Gasteiger partial charge in [-0.25, -0.2) is 0 Å². The van der Waals surface area contributed by atoms with Crippen molar-refractivity contribution >= 4 is 5.69 Å². The molecule has 0 fully saturated rings. The molecule has 0 radical (unpaired) electrons. The minimum absolute atomic E-state index is 0.0508. The molecule has 0 aromatic heterocycles. The molecule has 2 rings (SSSR count). The summed E-state index contributed by atoms with van der Waals surface area (Å²) in [5.41, 5.74) is 0.0508. The lowest BCUT2D eigenvalue weighted by Gasteiger charge is -2.09. The molecule has 0 bridgehead atoms. The van der Waals surface area contributed by atoms with Crippen molar-refractivity contribution in [3.63, 3.8) is 0 Å². The molecule has 122 valence electrons. The quantitative estimate of drug-likeness (QED) is 0.399. The molecule has 0 aliphatic heterocycles. The summed E-state index contributed by atoms with van der Waals surface area (Å²) in [4.78, 5) is 10.1. The summed E-state index contributed by atoms with van der Waals surface area (Å²) in [6.07, 6.45) is 0.704. The number of non-ortho nitro benzene ring substituents is 1. The van der Waals surface area contributed by atoms with Crippen LogP contribution in [0.15, 0.2) is 48.5 Å². The van der Waals surface area contributed by atoms with E-state index in [1.807, 2.05) is 31.2 Å². The Balaban J connectivity index is 1.69. The van der Waals surface area contributed by atoms with Crippen LogP contribution in [0.2, 0.25) is 0 Å². The molecule has 0 N–H and O–H groups in total. The van der Waals surface area contributed by atoms with Gasteiger partial charge in [-0.2, -0.15) is 0 Å². The Hall–Kier alpha value is -2.76. The van der Waals surface area contributed by atoms with E-state index < -0.39 is 4.92 Å². The van der Waals surface area contributed by atoms with E-state index in [0.29, 0.717) is 32.0 Å². The van der Waals surface area contributed by atoms with Crippen molar-refractivity contribution in [3.8, 4) is 17.2 Å². The van der Waals surface area contributed by atoms with Crippen LogP contribution in [0, 0.1) is 10.1 Å². The lowest BCUT2D eigenvalue weighted by atomic mass is 10.3. The molecule has 2 aromatic carbocycles. The van der Waals surface area contributed by atoms with Crippen molar-refractivity contribution in [3.05, 3.63) is 58.6 Å². The molecule has 0 amide bonds. The Morgan fingerprint density at radius 1 is 0.913 bits per heavy atom. The molecular weight excluding hydrogens is 298 g/mol. The first-order valence-corrected chi connectivity index (χ1v) is 7.42. The molecule has 0 spiro atoms. The summed E-state index contributed by atoms with van der Waals surface area (Å²) in [5, 5.41) is 10.6. The van der Waals surface area contributed by atoms with E-state index in [1.165, 1.54) is 12.1 Å². The topological polar surface area (TPSA) is 70.8 Å². The van der Waals surface area contributed by atoms with Crippen molar-refractivity contribution in [1.82, 2.24) is 0 Å². The Morgan fingerprint density at radius 3 is 2.13 bits per heavy atom. The monoisotopic (exact) mass is 317 g/mol. The minimum atomic E-state index is -0.437. The van der Waals surface area contributed by atoms with Gasteiger partial charge in [-0.05, 0) is 31.2 Å². The van der Waals surface area contributed by atoms with Gasteiger partial charge in [-0.3, -0.25) is 10.1 Å². The zero-order chi connectivity index (χ0) is 16.5. The van der Waals surface area contributed by atoms with Crippen LogP contribution in [0.4, 0.5) is 5.69 Å². The molecule has 0 atom stereocenters. The summed E-state index contributed by atoms with van der Waals surface area (Å²) in [6.45, 7) is 3.54. The molecule has 6 heteroatoms. The second kappa shape index (κ2) is 8.63. The molecule has 0 aliphatic carbocycles. The van der Waals surface area contributed by atoms with Gasteiger partial charge in [0.15, 0.2) is 0 Å². The molecule has 0 aliphatic rings. The molecule has 6 nitrogen and oxygen atoms in total. The predicted molar refractivity (Wildman–Crippen MR) is 86.3 cm³/mol. The molecular formula is C17H19NO5. The first kappa shape index (κ1) is 16.6. The number of rotatable bonds is 9. The van der Waals surface area contributed by atoms with Gasteiger partial charge in [0.2, 0.25) is 0 Å². The van der Waals surface area contributed by atoms with Gasteiger partial charge in [0, 0.05) is 24.6 Å². The van der Waals surface area contributed by atoms with E-state index in [4.69, 9.17) is 14.2 Å². The summed E-state index contributed by atoms with van der Waals surface area (Å²) < 4.78 is 16.6. The lowest BCUT2D eigenvalue weighted by Crippen LogP contribution is -2.05. The van der Waals surface area contributed by atoms with Crippen LogP contribution < -0.4 is 14.2 Å². The third-order valence-electron chi connectivity index (χ3n) is 2.99. The summed E-state index contributed by atoms with van der Waals surface area (Å²) in [6, 6.07) is 13.5. The normalized spacial score (nSPS) is 10.1. The zero-order valence-electron chi connectivity index (χ0n) is 12.9. The number of nitro benzene ring substituents is 1. The average Bonchev–Trinajstić information content (AvgIpc) is 2.56. The molecule has 23 heavy (non-hydrogen) atoms. The van der Waals surface area contributed by atoms with Gasteiger partial charge in [0.25, 0.3) is 5.69 Å². The summed E-state index contributed by atoms with van der Waals surface area (Å²) >= 11 is 0. The van der Waals surface area contributed by atoms with Crippen LogP contribution in [0.5, 0.6) is 17.2 Å². The van der Waals surface area contributed by atoms with Gasteiger partial charge in [-0.15, -0.1) is 0 Å². The maximum absolute atomic E-state index is 10.6. The Kier molecular flexibility index (Phi) is 6.23. The van der Waals surface area contributed by atoms with E-state index in [-0.39, 0.29) is 5.69 Å². The van der Waals surface area contributed by atoms with E-state index in [1.54, 1.807) is 12.1 Å². The van der Waals surface area contributed by atoms with Crippen molar-refractivity contribution < 1.29 is 19.1 Å². The largest absolute Gasteiger partial charge is 0.494 e. The molecule has 0 saturated carbocycles. The third kappa shape index (κ3) is 5.50. The van der Waals surface area contributed by atoms with E-state index in [0.717, 1.165) is 11.5 Å². The molecule has 0 unspecified atom stereocenters. The van der Waals surface area contributed by atoms with Gasteiger partial charge >= 0.3 is 0 Å². The van der Waals surface area contributed by atoms with E-state index in [9.17, 15) is 10.1 Å². The highest BCUT2D eigenvalue weighted by Crippen LogP contribution is 2.20. The SMILES string of the molecule is CCOc1cccc(OCCCOc2ccc([N+](=O)[O-])cc2)c1. The van der Waals surface area contributed by atoms with Crippen molar-refractivity contribution in [2.45, 2.75) is 13.3 Å². The Morgan fingerprint density at radius 2 is 1.52 bits per heavy atom.